The van der Waals surface area contributed by atoms with Gasteiger partial charge in [0.25, 0.3) is 0 Å². The molecule has 0 unspecified atom stereocenters. The molecule has 0 bridgehead atoms. The van der Waals surface area contributed by atoms with Crippen LogP contribution >= 0.6 is 34.7 Å². The molecule has 20 nitrogen and oxygen atoms in total. The molecule has 8 heterocycles. The van der Waals surface area contributed by atoms with E-state index in [2.05, 4.69) is 66.9 Å². The van der Waals surface area contributed by atoms with Gasteiger partial charge in [-0.2, -0.15) is 8.75 Å². The Labute approximate surface area is 420 Å². The van der Waals surface area contributed by atoms with Crippen LogP contribution in [-0.2, 0) is 35.4 Å². The van der Waals surface area contributed by atoms with Crippen molar-refractivity contribution >= 4 is 74.9 Å². The summed E-state index contributed by atoms with van der Waals surface area (Å²) < 4.78 is 19.9. The van der Waals surface area contributed by atoms with Crippen LogP contribution in [0.1, 0.15) is 54.9 Å². The zero-order chi connectivity index (χ0) is 49.0. The van der Waals surface area contributed by atoms with Crippen molar-refractivity contribution in [3.8, 4) is 22.8 Å². The van der Waals surface area contributed by atoms with Gasteiger partial charge in [-0.15, -0.1) is 0 Å². The second kappa shape index (κ2) is 24.1. The Kier molecular flexibility index (Phi) is 17.3. The Bertz CT molecular complexity index is 2680. The number of aryl methyl sites for hydroxylation is 2. The van der Waals surface area contributed by atoms with E-state index in [4.69, 9.17) is 41.0 Å². The SMILES string of the molecule is CCNC(=O)Nc1ccc(-c2nc3c(c(N4CCOCC4)n2)CCNC3)cc1.CCNC(=O)Nc1ccc(-c2nc3c(c(N4CCOC[C@@H]4C)n2)CCN(c2nc(C)ns2)C3)cc1.Cc1nsc(Cl)n1. The number of nitrogens with one attached hydrogen (secondary N) is 5. The summed E-state index contributed by atoms with van der Waals surface area (Å²) in [5.74, 6) is 4.97. The normalized spacial score (nSPS) is 16.4. The van der Waals surface area contributed by atoms with Gasteiger partial charge in [0.2, 0.25) is 9.60 Å². The molecule has 0 aliphatic carbocycles. The van der Waals surface area contributed by atoms with E-state index in [-0.39, 0.29) is 18.1 Å². The van der Waals surface area contributed by atoms with Gasteiger partial charge in [0.05, 0.1) is 50.4 Å². The van der Waals surface area contributed by atoms with E-state index < -0.39 is 0 Å². The number of rotatable bonds is 9. The second-order valence-corrected chi connectivity index (χ2v) is 18.8. The lowest BCUT2D eigenvalue weighted by molar-refractivity contribution is 0.0984. The number of carbonyl (C=O) groups excluding carboxylic acids is 2. The number of hydrogen-bond donors (Lipinski definition) is 5. The zero-order valence-corrected chi connectivity index (χ0v) is 42.4. The molecule has 10 rings (SSSR count). The molecule has 23 heteroatoms. The smallest absolute Gasteiger partial charge is 0.319 e. The number of anilines is 5. The van der Waals surface area contributed by atoms with Crippen LogP contribution in [0, 0.1) is 13.8 Å². The molecular weight excluding hydrogens is 952 g/mol. The van der Waals surface area contributed by atoms with Crippen LogP contribution in [0.3, 0.4) is 0 Å². The summed E-state index contributed by atoms with van der Waals surface area (Å²) in [4.78, 5) is 58.6. The first-order valence-electron chi connectivity index (χ1n) is 23.5. The lowest BCUT2D eigenvalue weighted by Crippen LogP contribution is -2.45. The Morgan fingerprint density at radius 2 is 1.29 bits per heavy atom. The highest BCUT2D eigenvalue weighted by atomic mass is 35.5. The van der Waals surface area contributed by atoms with Crippen molar-refractivity contribution in [2.45, 2.75) is 66.6 Å². The summed E-state index contributed by atoms with van der Waals surface area (Å²) in [5, 5.41) is 15.4. The molecule has 2 saturated heterocycles. The van der Waals surface area contributed by atoms with Crippen molar-refractivity contribution in [2.75, 3.05) is 97.6 Å². The van der Waals surface area contributed by atoms with Gasteiger partial charge in [-0.25, -0.2) is 39.5 Å². The van der Waals surface area contributed by atoms with Gasteiger partial charge in [0.15, 0.2) is 11.6 Å². The molecule has 370 valence electrons. The largest absolute Gasteiger partial charge is 0.378 e. The lowest BCUT2D eigenvalue weighted by atomic mass is 10.0. The van der Waals surface area contributed by atoms with Crippen LogP contribution in [0.25, 0.3) is 22.8 Å². The second-order valence-electron chi connectivity index (χ2n) is 16.7. The first-order chi connectivity index (χ1) is 34.0. The third kappa shape index (κ3) is 13.0. The van der Waals surface area contributed by atoms with Gasteiger partial charge in [-0.1, -0.05) is 0 Å². The minimum Gasteiger partial charge on any atom is -0.378 e. The standard InChI is InChI=1S/C24H30N8O2S.C20H26N6O2.C3H3ClN2S/c1-4-25-23(33)27-18-7-5-17(6-8-18)21-28-20-13-31(24-26-16(3)30-35-24)10-9-19(20)22(29-21)32-11-12-34-14-15(32)2;1-2-22-20(27)23-15-5-3-14(4-6-15)18-24-17-13-21-8-7-16(17)19(25-18)26-9-11-28-12-10-26;1-2-5-3(4)7-6-2/h5-8,15H,4,9-14H2,1-3H3,(H2,25,27,33);3-6,21H,2,7-13H2,1H3,(H2,22,23,27);1H3/t15-;;/m0../s1. The van der Waals surface area contributed by atoms with Crippen LogP contribution in [0.5, 0.6) is 0 Å². The molecule has 4 aliphatic rings. The molecule has 0 radical (unpaired) electrons. The number of nitrogens with zero attached hydrogens (tertiary/aromatic N) is 11. The van der Waals surface area contributed by atoms with E-state index in [0.717, 1.165) is 128 Å². The summed E-state index contributed by atoms with van der Waals surface area (Å²) in [6, 6.07) is 15.1. The van der Waals surface area contributed by atoms with E-state index in [1.165, 1.54) is 34.2 Å². The molecule has 2 fully saturated rings. The number of benzene rings is 2. The molecule has 6 aromatic rings. The molecule has 0 saturated carbocycles. The highest BCUT2D eigenvalue weighted by molar-refractivity contribution is 7.10. The van der Waals surface area contributed by atoms with E-state index >= 15 is 0 Å². The van der Waals surface area contributed by atoms with Crippen molar-refractivity contribution < 1.29 is 19.1 Å². The number of urea groups is 2. The summed E-state index contributed by atoms with van der Waals surface area (Å²) >= 11 is 8.04. The topological polar surface area (TPSA) is 226 Å². The summed E-state index contributed by atoms with van der Waals surface area (Å²) in [6.07, 6.45) is 1.79. The Morgan fingerprint density at radius 1 is 0.700 bits per heavy atom. The van der Waals surface area contributed by atoms with Gasteiger partial charge in [0, 0.05) is 91.0 Å². The van der Waals surface area contributed by atoms with E-state index in [0.29, 0.717) is 49.0 Å². The van der Waals surface area contributed by atoms with Crippen molar-refractivity contribution in [2.24, 2.45) is 0 Å². The van der Waals surface area contributed by atoms with Crippen LogP contribution in [0.4, 0.5) is 37.7 Å². The third-order valence-corrected chi connectivity index (χ3v) is 13.4. The minimum absolute atomic E-state index is 0.207. The molecule has 5 N–H and O–H groups in total. The van der Waals surface area contributed by atoms with Gasteiger partial charge >= 0.3 is 12.1 Å². The molecule has 0 spiro atoms. The van der Waals surface area contributed by atoms with Crippen molar-refractivity contribution in [3.05, 3.63) is 87.2 Å². The fraction of sp³-hybridized carbons (Fsp3) is 0.447. The quantitative estimate of drug-likeness (QED) is 0.104. The molecular formula is C47H59ClN16O4S2. The fourth-order valence-electron chi connectivity index (χ4n) is 8.25. The van der Waals surface area contributed by atoms with Crippen LogP contribution in [0.15, 0.2) is 48.5 Å². The van der Waals surface area contributed by atoms with Gasteiger partial charge in [-0.05, 0) is 126 Å². The molecule has 4 aromatic heterocycles. The molecule has 2 aromatic carbocycles. The maximum atomic E-state index is 11.9. The van der Waals surface area contributed by atoms with Crippen molar-refractivity contribution in [3.63, 3.8) is 0 Å². The molecule has 4 aliphatic heterocycles. The summed E-state index contributed by atoms with van der Waals surface area (Å²) in [6.45, 7) is 19.4. The minimum atomic E-state index is -0.221. The van der Waals surface area contributed by atoms with Crippen LogP contribution < -0.4 is 41.3 Å². The van der Waals surface area contributed by atoms with E-state index in [1.807, 2.05) is 76.2 Å². The number of fused-ring (bicyclic) bond motifs is 2. The number of carbonyl (C=O) groups is 2. The number of ether oxygens (including phenoxy) is 2. The monoisotopic (exact) mass is 1010 g/mol. The molecule has 70 heavy (non-hydrogen) atoms. The first kappa shape index (κ1) is 50.2. The third-order valence-electron chi connectivity index (χ3n) is 11.7. The average Bonchev–Trinajstić information content (AvgIpc) is 4.00. The first-order valence-corrected chi connectivity index (χ1v) is 25.5. The van der Waals surface area contributed by atoms with Gasteiger partial charge in [0.1, 0.15) is 23.3 Å². The number of morpholine rings is 2. The van der Waals surface area contributed by atoms with Gasteiger partial charge in [-0.3, -0.25) is 0 Å². The number of aromatic nitrogens is 8. The predicted molar refractivity (Wildman–Crippen MR) is 275 cm³/mol. The highest BCUT2D eigenvalue weighted by Crippen LogP contribution is 2.34. The van der Waals surface area contributed by atoms with Crippen LogP contribution in [0.2, 0.25) is 4.47 Å². The summed E-state index contributed by atoms with van der Waals surface area (Å²) in [7, 11) is 0. The van der Waals surface area contributed by atoms with E-state index in [1.54, 1.807) is 0 Å². The molecule has 1 atom stereocenters. The Hall–Kier alpha value is -6.17. The predicted octanol–water partition coefficient (Wildman–Crippen LogP) is 6.50. The zero-order valence-electron chi connectivity index (χ0n) is 40.0. The fourth-order valence-corrected chi connectivity index (χ4v) is 9.60. The number of amides is 4. The van der Waals surface area contributed by atoms with Crippen LogP contribution in [-0.4, -0.2) is 129 Å². The maximum Gasteiger partial charge on any atom is 0.319 e. The Morgan fingerprint density at radius 3 is 1.84 bits per heavy atom. The Balaban J connectivity index is 0.000000168. The van der Waals surface area contributed by atoms with Gasteiger partial charge < -0.3 is 50.8 Å². The summed E-state index contributed by atoms with van der Waals surface area (Å²) in [5.41, 5.74) is 7.84. The number of halogens is 1. The lowest BCUT2D eigenvalue weighted by Gasteiger charge is -2.37. The highest BCUT2D eigenvalue weighted by Gasteiger charge is 2.30. The average molecular weight is 1010 g/mol. The number of hydrogen-bond acceptors (Lipinski definition) is 18. The maximum absolute atomic E-state index is 11.9. The van der Waals surface area contributed by atoms with Crippen molar-refractivity contribution in [1.82, 2.24) is 54.6 Å². The van der Waals surface area contributed by atoms with Crippen molar-refractivity contribution in [1.29, 1.82) is 0 Å². The molecule has 4 amide bonds. The van der Waals surface area contributed by atoms with E-state index in [9.17, 15) is 9.59 Å².